The van der Waals surface area contributed by atoms with Crippen LogP contribution >= 0.6 is 0 Å². The summed E-state index contributed by atoms with van der Waals surface area (Å²) in [5, 5.41) is 14.0. The molecule has 3 heteroatoms. The standard InChI is InChI=1S/C16H25NO2/c1-13-11-14(19-2)7-8-15(13)17-12-16(18)9-5-3-4-6-10-16/h7-8,11,17-18H,3-6,9-10,12H2,1-2H3. The first-order valence-electron chi connectivity index (χ1n) is 7.24. The highest BCUT2D eigenvalue weighted by Gasteiger charge is 2.27. The van der Waals surface area contributed by atoms with E-state index in [-0.39, 0.29) is 0 Å². The normalized spacial score (nSPS) is 18.7. The minimum Gasteiger partial charge on any atom is -0.497 e. The summed E-state index contributed by atoms with van der Waals surface area (Å²) in [4.78, 5) is 0. The molecule has 1 aromatic carbocycles. The number of benzene rings is 1. The van der Waals surface area contributed by atoms with Crippen molar-refractivity contribution in [1.29, 1.82) is 0 Å². The average molecular weight is 263 g/mol. The average Bonchev–Trinajstić information content (AvgIpc) is 2.62. The predicted molar refractivity (Wildman–Crippen MR) is 78.9 cm³/mol. The van der Waals surface area contributed by atoms with Gasteiger partial charge in [-0.2, -0.15) is 0 Å². The fraction of sp³-hybridized carbons (Fsp3) is 0.625. The van der Waals surface area contributed by atoms with Gasteiger partial charge in [0.2, 0.25) is 0 Å². The molecule has 1 aromatic rings. The van der Waals surface area contributed by atoms with E-state index >= 15 is 0 Å². The van der Waals surface area contributed by atoms with Gasteiger partial charge in [0.25, 0.3) is 0 Å². The van der Waals surface area contributed by atoms with Crippen molar-refractivity contribution in [3.8, 4) is 5.75 Å². The maximum absolute atomic E-state index is 10.6. The molecule has 19 heavy (non-hydrogen) atoms. The third kappa shape index (κ3) is 3.87. The number of aryl methyl sites for hydroxylation is 1. The number of anilines is 1. The minimum absolute atomic E-state index is 0.539. The molecule has 0 aromatic heterocycles. The van der Waals surface area contributed by atoms with Crippen LogP contribution in [-0.2, 0) is 0 Å². The lowest BCUT2D eigenvalue weighted by molar-refractivity contribution is 0.0381. The fourth-order valence-corrected chi connectivity index (χ4v) is 2.78. The highest BCUT2D eigenvalue weighted by atomic mass is 16.5. The first-order valence-corrected chi connectivity index (χ1v) is 7.24. The van der Waals surface area contributed by atoms with E-state index in [4.69, 9.17) is 4.74 Å². The number of nitrogens with one attached hydrogen (secondary N) is 1. The van der Waals surface area contributed by atoms with Crippen molar-refractivity contribution in [1.82, 2.24) is 0 Å². The Hall–Kier alpha value is -1.22. The van der Waals surface area contributed by atoms with E-state index in [1.807, 2.05) is 18.2 Å². The second kappa shape index (κ2) is 6.29. The molecule has 1 aliphatic rings. The molecular formula is C16H25NO2. The van der Waals surface area contributed by atoms with Gasteiger partial charge in [-0.3, -0.25) is 0 Å². The second-order valence-corrected chi connectivity index (χ2v) is 5.67. The highest BCUT2D eigenvalue weighted by Crippen LogP contribution is 2.28. The van der Waals surface area contributed by atoms with Gasteiger partial charge in [0, 0.05) is 12.2 Å². The Kier molecular flexibility index (Phi) is 4.70. The lowest BCUT2D eigenvalue weighted by Crippen LogP contribution is -2.36. The Morgan fingerprint density at radius 2 is 1.89 bits per heavy atom. The van der Waals surface area contributed by atoms with Crippen LogP contribution in [0.25, 0.3) is 0 Å². The van der Waals surface area contributed by atoms with Gasteiger partial charge in [-0.25, -0.2) is 0 Å². The monoisotopic (exact) mass is 263 g/mol. The Labute approximate surface area is 116 Å². The maximum atomic E-state index is 10.6. The molecule has 0 saturated heterocycles. The Morgan fingerprint density at radius 3 is 2.47 bits per heavy atom. The molecule has 0 atom stereocenters. The summed E-state index contributed by atoms with van der Waals surface area (Å²) in [6.45, 7) is 2.70. The van der Waals surface area contributed by atoms with E-state index < -0.39 is 5.60 Å². The van der Waals surface area contributed by atoms with Crippen LogP contribution in [0, 0.1) is 6.92 Å². The predicted octanol–water partition coefficient (Wildman–Crippen LogP) is 3.50. The lowest BCUT2D eigenvalue weighted by atomic mass is 9.94. The summed E-state index contributed by atoms with van der Waals surface area (Å²) in [6.07, 6.45) is 6.61. The Balaban J connectivity index is 1.97. The van der Waals surface area contributed by atoms with Gasteiger partial charge in [0.1, 0.15) is 5.75 Å². The number of hydrogen-bond acceptors (Lipinski definition) is 3. The summed E-state index contributed by atoms with van der Waals surface area (Å²) >= 11 is 0. The third-order valence-corrected chi connectivity index (χ3v) is 4.08. The molecule has 0 radical (unpaired) electrons. The van der Waals surface area contributed by atoms with E-state index in [2.05, 4.69) is 12.2 Å². The molecule has 1 aliphatic carbocycles. The smallest absolute Gasteiger partial charge is 0.119 e. The van der Waals surface area contributed by atoms with Crippen LogP contribution in [0.5, 0.6) is 5.75 Å². The van der Waals surface area contributed by atoms with Crippen LogP contribution < -0.4 is 10.1 Å². The van der Waals surface area contributed by atoms with Gasteiger partial charge in [-0.05, 0) is 43.5 Å². The van der Waals surface area contributed by atoms with Crippen molar-refractivity contribution in [2.75, 3.05) is 19.0 Å². The van der Waals surface area contributed by atoms with Crippen molar-refractivity contribution < 1.29 is 9.84 Å². The number of methoxy groups -OCH3 is 1. The van der Waals surface area contributed by atoms with E-state index in [0.29, 0.717) is 6.54 Å². The molecule has 1 fully saturated rings. The van der Waals surface area contributed by atoms with Gasteiger partial charge in [-0.1, -0.05) is 25.7 Å². The largest absolute Gasteiger partial charge is 0.497 e. The van der Waals surface area contributed by atoms with Gasteiger partial charge in [0.05, 0.1) is 12.7 Å². The molecule has 2 rings (SSSR count). The quantitative estimate of drug-likeness (QED) is 0.817. The van der Waals surface area contributed by atoms with Crippen LogP contribution in [0.1, 0.15) is 44.1 Å². The first-order chi connectivity index (χ1) is 9.13. The molecule has 1 saturated carbocycles. The number of rotatable bonds is 4. The topological polar surface area (TPSA) is 41.5 Å². The zero-order valence-corrected chi connectivity index (χ0v) is 12.0. The second-order valence-electron chi connectivity index (χ2n) is 5.67. The van der Waals surface area contributed by atoms with Crippen LogP contribution in [-0.4, -0.2) is 24.4 Å². The van der Waals surface area contributed by atoms with Crippen LogP contribution in [0.2, 0.25) is 0 Å². The van der Waals surface area contributed by atoms with Crippen molar-refractivity contribution in [3.63, 3.8) is 0 Å². The lowest BCUT2D eigenvalue weighted by Gasteiger charge is -2.27. The number of ether oxygens (including phenoxy) is 1. The maximum Gasteiger partial charge on any atom is 0.119 e. The molecule has 0 amide bonds. The minimum atomic E-state index is -0.539. The van der Waals surface area contributed by atoms with Gasteiger partial charge < -0.3 is 15.2 Å². The molecule has 0 spiro atoms. The fourth-order valence-electron chi connectivity index (χ4n) is 2.78. The molecule has 0 heterocycles. The summed E-state index contributed by atoms with van der Waals surface area (Å²) in [5.41, 5.74) is 1.69. The van der Waals surface area contributed by atoms with E-state index in [0.717, 1.165) is 42.7 Å². The molecule has 2 N–H and O–H groups in total. The van der Waals surface area contributed by atoms with E-state index in [1.165, 1.54) is 12.8 Å². The zero-order valence-electron chi connectivity index (χ0n) is 12.0. The first kappa shape index (κ1) is 14.2. The molecule has 0 unspecified atom stereocenters. The Morgan fingerprint density at radius 1 is 1.21 bits per heavy atom. The summed E-state index contributed by atoms with van der Waals surface area (Å²) in [7, 11) is 1.68. The SMILES string of the molecule is COc1ccc(NCC2(O)CCCCCC2)c(C)c1. The third-order valence-electron chi connectivity index (χ3n) is 4.08. The van der Waals surface area contributed by atoms with Crippen LogP contribution in [0.3, 0.4) is 0 Å². The van der Waals surface area contributed by atoms with Crippen molar-refractivity contribution in [3.05, 3.63) is 23.8 Å². The molecule has 3 nitrogen and oxygen atoms in total. The van der Waals surface area contributed by atoms with Gasteiger partial charge in [0.15, 0.2) is 0 Å². The Bertz CT molecular complexity index is 409. The molecule has 0 aliphatic heterocycles. The van der Waals surface area contributed by atoms with Crippen LogP contribution in [0.15, 0.2) is 18.2 Å². The number of hydrogen-bond donors (Lipinski definition) is 2. The molecule has 0 bridgehead atoms. The van der Waals surface area contributed by atoms with E-state index in [9.17, 15) is 5.11 Å². The van der Waals surface area contributed by atoms with E-state index in [1.54, 1.807) is 7.11 Å². The van der Waals surface area contributed by atoms with Crippen molar-refractivity contribution >= 4 is 5.69 Å². The summed E-state index contributed by atoms with van der Waals surface area (Å²) < 4.78 is 5.20. The molecule has 106 valence electrons. The van der Waals surface area contributed by atoms with Gasteiger partial charge in [-0.15, -0.1) is 0 Å². The molecular weight excluding hydrogens is 238 g/mol. The highest BCUT2D eigenvalue weighted by molar-refractivity contribution is 5.53. The van der Waals surface area contributed by atoms with Crippen molar-refractivity contribution in [2.45, 2.75) is 51.0 Å². The zero-order chi connectivity index (χ0) is 13.7. The van der Waals surface area contributed by atoms with Crippen LogP contribution in [0.4, 0.5) is 5.69 Å². The summed E-state index contributed by atoms with van der Waals surface area (Å²) in [6, 6.07) is 5.99. The van der Waals surface area contributed by atoms with Crippen molar-refractivity contribution in [2.24, 2.45) is 0 Å². The number of aliphatic hydroxyl groups is 1. The van der Waals surface area contributed by atoms with Gasteiger partial charge >= 0.3 is 0 Å². The summed E-state index contributed by atoms with van der Waals surface area (Å²) in [5.74, 6) is 0.872.